The molecule has 2 atom stereocenters. The number of nitrogen functional groups attached to an aromatic ring is 1. The van der Waals surface area contributed by atoms with Gasteiger partial charge in [-0.25, -0.2) is 0 Å². The largest absolute Gasteiger partial charge is 0.322 e. The molecule has 0 amide bonds. The van der Waals surface area contributed by atoms with Crippen molar-refractivity contribution in [2.24, 2.45) is 11.8 Å². The Morgan fingerprint density at radius 1 is 1.50 bits per heavy atom. The standard InChI is InChI=1S/C11H19N5/c1-8(7-12)9-3-2-4-10-11(6-5-9)16(13)15-14-10/h7-9,12H,2-6,13H2,1H3/t8-,9-/m1/s1. The van der Waals surface area contributed by atoms with Gasteiger partial charge in [0.05, 0.1) is 11.4 Å². The first-order chi connectivity index (χ1) is 7.72. The number of aryl methyl sites for hydroxylation is 1. The lowest BCUT2D eigenvalue weighted by Gasteiger charge is -2.22. The number of nitrogens with zero attached hydrogens (tertiary/aromatic N) is 3. The number of nitrogens with one attached hydrogen (secondary N) is 1. The smallest absolute Gasteiger partial charge is 0.0881 e. The maximum Gasteiger partial charge on any atom is 0.0881 e. The first kappa shape index (κ1) is 11.1. The van der Waals surface area contributed by atoms with Crippen molar-refractivity contribution < 1.29 is 0 Å². The van der Waals surface area contributed by atoms with Crippen LogP contribution in [0.2, 0.25) is 0 Å². The van der Waals surface area contributed by atoms with Crippen LogP contribution in [0, 0.1) is 17.2 Å². The van der Waals surface area contributed by atoms with Crippen molar-refractivity contribution in [3.05, 3.63) is 11.4 Å². The highest BCUT2D eigenvalue weighted by molar-refractivity contribution is 5.56. The quantitative estimate of drug-likeness (QED) is 0.581. The molecule has 1 aromatic rings. The molecule has 0 aliphatic heterocycles. The van der Waals surface area contributed by atoms with Gasteiger partial charge < -0.3 is 11.3 Å². The van der Waals surface area contributed by atoms with Gasteiger partial charge in [0.2, 0.25) is 0 Å². The highest BCUT2D eigenvalue weighted by Crippen LogP contribution is 2.26. The van der Waals surface area contributed by atoms with Crippen LogP contribution in [0.25, 0.3) is 0 Å². The minimum atomic E-state index is 0.364. The zero-order valence-electron chi connectivity index (χ0n) is 9.69. The van der Waals surface area contributed by atoms with E-state index in [1.807, 2.05) is 0 Å². The van der Waals surface area contributed by atoms with Crippen molar-refractivity contribution in [2.45, 2.75) is 39.0 Å². The van der Waals surface area contributed by atoms with Crippen LogP contribution in [0.5, 0.6) is 0 Å². The van der Waals surface area contributed by atoms with Crippen molar-refractivity contribution in [1.29, 1.82) is 5.41 Å². The molecule has 5 heteroatoms. The number of rotatable bonds is 2. The zero-order chi connectivity index (χ0) is 11.5. The number of nitrogens with two attached hydrogens (primary N) is 1. The molecule has 0 aromatic carbocycles. The van der Waals surface area contributed by atoms with Gasteiger partial charge in [0.25, 0.3) is 0 Å². The molecule has 5 nitrogen and oxygen atoms in total. The molecule has 0 fully saturated rings. The topological polar surface area (TPSA) is 80.6 Å². The molecule has 0 spiro atoms. The maximum atomic E-state index is 7.35. The molecule has 1 heterocycles. The molecular formula is C11H19N5. The van der Waals surface area contributed by atoms with E-state index >= 15 is 0 Å². The van der Waals surface area contributed by atoms with Crippen molar-refractivity contribution >= 4 is 6.21 Å². The minimum Gasteiger partial charge on any atom is -0.322 e. The normalized spacial score (nSPS) is 22.9. The average molecular weight is 221 g/mol. The van der Waals surface area contributed by atoms with E-state index in [1.165, 1.54) is 11.2 Å². The summed E-state index contributed by atoms with van der Waals surface area (Å²) in [5.41, 5.74) is 2.13. The van der Waals surface area contributed by atoms with Crippen LogP contribution in [-0.4, -0.2) is 21.3 Å². The molecule has 1 aliphatic carbocycles. The second-order valence-corrected chi connectivity index (χ2v) is 4.64. The summed E-state index contributed by atoms with van der Waals surface area (Å²) in [6.07, 6.45) is 6.83. The molecule has 0 saturated heterocycles. The zero-order valence-corrected chi connectivity index (χ0v) is 9.69. The summed E-state index contributed by atoms with van der Waals surface area (Å²) >= 11 is 0. The lowest BCUT2D eigenvalue weighted by atomic mass is 9.83. The van der Waals surface area contributed by atoms with E-state index in [1.54, 1.807) is 6.21 Å². The Hall–Kier alpha value is -1.39. The fourth-order valence-electron chi connectivity index (χ4n) is 2.46. The molecule has 88 valence electrons. The SMILES string of the molecule is C[C@H](C=N)[C@@H]1CCCc2nnn(N)c2CC1. The molecular weight excluding hydrogens is 202 g/mol. The van der Waals surface area contributed by atoms with E-state index < -0.39 is 0 Å². The summed E-state index contributed by atoms with van der Waals surface area (Å²) in [4.78, 5) is 1.41. The second-order valence-electron chi connectivity index (χ2n) is 4.64. The van der Waals surface area contributed by atoms with Gasteiger partial charge in [0, 0.05) is 0 Å². The molecule has 0 radical (unpaired) electrons. The van der Waals surface area contributed by atoms with Gasteiger partial charge in [-0.05, 0) is 55.4 Å². The molecule has 16 heavy (non-hydrogen) atoms. The van der Waals surface area contributed by atoms with Gasteiger partial charge in [0.1, 0.15) is 0 Å². The van der Waals surface area contributed by atoms with Gasteiger partial charge in [-0.3, -0.25) is 0 Å². The van der Waals surface area contributed by atoms with Gasteiger partial charge in [-0.2, -0.15) is 4.79 Å². The Bertz CT molecular complexity index is 370. The molecule has 1 aromatic heterocycles. The van der Waals surface area contributed by atoms with Gasteiger partial charge >= 0.3 is 0 Å². The summed E-state index contributed by atoms with van der Waals surface area (Å²) in [6.45, 7) is 2.12. The Kier molecular flexibility index (Phi) is 3.22. The Balaban J connectivity index is 2.11. The molecule has 0 unspecified atom stereocenters. The molecule has 2 rings (SSSR count). The van der Waals surface area contributed by atoms with E-state index in [4.69, 9.17) is 11.3 Å². The van der Waals surface area contributed by atoms with Crippen LogP contribution in [-0.2, 0) is 12.8 Å². The number of hydrogen-bond acceptors (Lipinski definition) is 4. The molecule has 0 saturated carbocycles. The van der Waals surface area contributed by atoms with E-state index in [0.29, 0.717) is 11.8 Å². The lowest BCUT2D eigenvalue weighted by molar-refractivity contribution is 0.366. The van der Waals surface area contributed by atoms with E-state index in [9.17, 15) is 0 Å². The fourth-order valence-corrected chi connectivity index (χ4v) is 2.46. The molecule has 1 aliphatic rings. The molecule has 0 bridgehead atoms. The van der Waals surface area contributed by atoms with Gasteiger partial charge in [0.15, 0.2) is 0 Å². The third-order valence-corrected chi connectivity index (χ3v) is 3.62. The van der Waals surface area contributed by atoms with Crippen LogP contribution >= 0.6 is 0 Å². The summed E-state index contributed by atoms with van der Waals surface area (Å²) < 4.78 is 0. The van der Waals surface area contributed by atoms with Crippen molar-refractivity contribution in [3.8, 4) is 0 Å². The van der Waals surface area contributed by atoms with Crippen molar-refractivity contribution in [3.63, 3.8) is 0 Å². The first-order valence-electron chi connectivity index (χ1n) is 5.91. The summed E-state index contributed by atoms with van der Waals surface area (Å²) in [5.74, 6) is 6.70. The first-order valence-corrected chi connectivity index (χ1v) is 5.91. The fraction of sp³-hybridized carbons (Fsp3) is 0.727. The van der Waals surface area contributed by atoms with E-state index in [0.717, 1.165) is 37.1 Å². The highest BCUT2D eigenvalue weighted by atomic mass is 15.6. The van der Waals surface area contributed by atoms with Crippen LogP contribution in [0.4, 0.5) is 0 Å². The Morgan fingerprint density at radius 3 is 3.06 bits per heavy atom. The number of fused-ring (bicyclic) bond motifs is 1. The Labute approximate surface area is 95.5 Å². The van der Waals surface area contributed by atoms with Crippen LogP contribution < -0.4 is 5.84 Å². The van der Waals surface area contributed by atoms with E-state index in [2.05, 4.69) is 17.2 Å². The monoisotopic (exact) mass is 221 g/mol. The predicted molar refractivity (Wildman–Crippen MR) is 62.9 cm³/mol. The van der Waals surface area contributed by atoms with Gasteiger partial charge in [-0.1, -0.05) is 6.92 Å². The third-order valence-electron chi connectivity index (χ3n) is 3.62. The Morgan fingerprint density at radius 2 is 2.31 bits per heavy atom. The summed E-state index contributed by atoms with van der Waals surface area (Å²) in [5, 5.41) is 15.3. The maximum absolute atomic E-state index is 7.35. The highest BCUT2D eigenvalue weighted by Gasteiger charge is 2.21. The van der Waals surface area contributed by atoms with Crippen LogP contribution in [0.15, 0.2) is 0 Å². The second kappa shape index (κ2) is 4.63. The number of hydrogen-bond donors (Lipinski definition) is 2. The average Bonchev–Trinajstić information content (AvgIpc) is 2.58. The predicted octanol–water partition coefficient (Wildman–Crippen LogP) is 1.16. The third kappa shape index (κ3) is 2.08. The van der Waals surface area contributed by atoms with Crippen LogP contribution in [0.1, 0.15) is 37.6 Å². The van der Waals surface area contributed by atoms with Crippen LogP contribution in [0.3, 0.4) is 0 Å². The number of aromatic nitrogens is 3. The van der Waals surface area contributed by atoms with Crippen molar-refractivity contribution in [1.82, 2.24) is 15.1 Å². The van der Waals surface area contributed by atoms with Crippen molar-refractivity contribution in [2.75, 3.05) is 5.84 Å². The minimum absolute atomic E-state index is 0.364. The summed E-state index contributed by atoms with van der Waals surface area (Å²) in [6, 6.07) is 0. The summed E-state index contributed by atoms with van der Waals surface area (Å²) in [7, 11) is 0. The van der Waals surface area contributed by atoms with E-state index in [-0.39, 0.29) is 0 Å². The molecule has 3 N–H and O–H groups in total. The van der Waals surface area contributed by atoms with Gasteiger partial charge in [-0.15, -0.1) is 5.10 Å². The lowest BCUT2D eigenvalue weighted by Crippen LogP contribution is -2.20.